The van der Waals surface area contributed by atoms with Crippen LogP contribution in [0.1, 0.15) is 15.9 Å². The number of aromatic nitrogens is 3. The third-order valence-electron chi connectivity index (χ3n) is 3.96. The molecule has 0 saturated heterocycles. The summed E-state index contributed by atoms with van der Waals surface area (Å²) in [5.41, 5.74) is 2.65. The van der Waals surface area contributed by atoms with E-state index in [9.17, 15) is 4.79 Å². The summed E-state index contributed by atoms with van der Waals surface area (Å²) >= 11 is 0. The summed E-state index contributed by atoms with van der Waals surface area (Å²) < 4.78 is 3.70. The van der Waals surface area contributed by atoms with Gasteiger partial charge in [0.2, 0.25) is 0 Å². The lowest BCUT2D eigenvalue weighted by molar-refractivity contribution is 0.0951. The highest BCUT2D eigenvalue weighted by Crippen LogP contribution is 2.20. The van der Waals surface area contributed by atoms with Crippen molar-refractivity contribution in [3.05, 3.63) is 66.1 Å². The Labute approximate surface area is 147 Å². The van der Waals surface area contributed by atoms with Crippen molar-refractivity contribution in [1.29, 1.82) is 0 Å². The minimum absolute atomic E-state index is 0.121. The monoisotopic (exact) mass is 337 g/mol. The second-order valence-electron chi connectivity index (χ2n) is 6.28. The minimum Gasteiger partial charge on any atom is -0.351 e. The number of rotatable bonds is 6. The average Bonchev–Trinajstić information content (AvgIpc) is 3.24. The average molecular weight is 337 g/mol. The number of nitrogens with zero attached hydrogens (tertiary/aromatic N) is 4. The molecule has 1 amide bonds. The first-order valence-electron chi connectivity index (χ1n) is 8.27. The summed E-state index contributed by atoms with van der Waals surface area (Å²) in [5.74, 6) is 0.611. The zero-order chi connectivity index (χ0) is 17.8. The summed E-state index contributed by atoms with van der Waals surface area (Å²) in [4.78, 5) is 14.7. The van der Waals surface area contributed by atoms with Crippen LogP contribution < -0.4 is 5.32 Å². The lowest BCUT2D eigenvalue weighted by atomic mass is 10.2. The van der Waals surface area contributed by atoms with Crippen molar-refractivity contribution in [2.45, 2.75) is 6.92 Å². The number of nitrogens with one attached hydrogen (secondary N) is 1. The third kappa shape index (κ3) is 3.80. The Balaban J connectivity index is 1.96. The van der Waals surface area contributed by atoms with Gasteiger partial charge < -0.3 is 14.8 Å². The topological polar surface area (TPSA) is 55.1 Å². The molecule has 6 nitrogen and oxygen atoms in total. The first kappa shape index (κ1) is 17.0. The molecular weight excluding hydrogens is 314 g/mol. The Bertz CT molecular complexity index is 831. The molecule has 25 heavy (non-hydrogen) atoms. The Morgan fingerprint density at radius 3 is 2.48 bits per heavy atom. The SMILES string of the molecule is Cc1ccc(-n2ncc(C(=O)NCCN(C)C)c2-n2cccc2)cc1. The second kappa shape index (κ2) is 7.36. The van der Waals surface area contributed by atoms with Gasteiger partial charge in [0.25, 0.3) is 5.91 Å². The van der Waals surface area contributed by atoms with Gasteiger partial charge in [-0.15, -0.1) is 0 Å². The van der Waals surface area contributed by atoms with E-state index in [1.165, 1.54) is 5.56 Å². The van der Waals surface area contributed by atoms with Crippen LogP contribution in [0.4, 0.5) is 0 Å². The van der Waals surface area contributed by atoms with Crippen LogP contribution in [-0.2, 0) is 0 Å². The lowest BCUT2D eigenvalue weighted by Crippen LogP contribution is -2.31. The molecule has 0 aliphatic heterocycles. The van der Waals surface area contributed by atoms with E-state index in [-0.39, 0.29) is 5.91 Å². The molecule has 6 heteroatoms. The normalized spacial score (nSPS) is 11.0. The van der Waals surface area contributed by atoms with Crippen LogP contribution in [0.2, 0.25) is 0 Å². The maximum absolute atomic E-state index is 12.6. The lowest BCUT2D eigenvalue weighted by Gasteiger charge is -2.12. The quantitative estimate of drug-likeness (QED) is 0.751. The van der Waals surface area contributed by atoms with Gasteiger partial charge in [-0.2, -0.15) is 5.10 Å². The zero-order valence-electron chi connectivity index (χ0n) is 14.8. The Morgan fingerprint density at radius 2 is 1.84 bits per heavy atom. The van der Waals surface area contributed by atoms with Gasteiger partial charge in [-0.05, 0) is 45.3 Å². The highest BCUT2D eigenvalue weighted by molar-refractivity contribution is 5.97. The molecule has 3 aromatic rings. The summed E-state index contributed by atoms with van der Waals surface area (Å²) in [6.45, 7) is 3.42. The number of amides is 1. The van der Waals surface area contributed by atoms with Gasteiger partial charge in [0.05, 0.1) is 11.9 Å². The number of carbonyl (C=O) groups is 1. The molecule has 0 spiro atoms. The van der Waals surface area contributed by atoms with Crippen molar-refractivity contribution in [3.63, 3.8) is 0 Å². The molecule has 0 unspecified atom stereocenters. The number of likely N-dealkylation sites (N-methyl/N-ethyl adjacent to an activating group) is 1. The van der Waals surface area contributed by atoms with E-state index in [1.54, 1.807) is 10.9 Å². The summed E-state index contributed by atoms with van der Waals surface area (Å²) in [7, 11) is 3.96. The molecule has 0 atom stereocenters. The second-order valence-corrected chi connectivity index (χ2v) is 6.28. The van der Waals surface area contributed by atoms with E-state index in [2.05, 4.69) is 10.4 Å². The molecular formula is C19H23N5O. The molecule has 2 aromatic heterocycles. The number of hydrogen-bond donors (Lipinski definition) is 1. The van der Waals surface area contributed by atoms with Crippen molar-refractivity contribution in [3.8, 4) is 11.5 Å². The van der Waals surface area contributed by atoms with E-state index < -0.39 is 0 Å². The molecule has 0 fully saturated rings. The van der Waals surface area contributed by atoms with Crippen LogP contribution in [0.15, 0.2) is 55.0 Å². The number of hydrogen-bond acceptors (Lipinski definition) is 3. The zero-order valence-corrected chi connectivity index (χ0v) is 14.8. The van der Waals surface area contributed by atoms with E-state index in [0.717, 1.165) is 18.1 Å². The van der Waals surface area contributed by atoms with Crippen LogP contribution in [0.25, 0.3) is 11.5 Å². The standard InChI is InChI=1S/C19H23N5O/c1-15-6-8-16(9-7-15)24-19(23-11-4-5-12-23)17(14-21-24)18(25)20-10-13-22(2)3/h4-9,11-12,14H,10,13H2,1-3H3,(H,20,25). The van der Waals surface area contributed by atoms with E-state index in [4.69, 9.17) is 0 Å². The van der Waals surface area contributed by atoms with Crippen LogP contribution in [0, 0.1) is 6.92 Å². The van der Waals surface area contributed by atoms with Gasteiger partial charge in [-0.3, -0.25) is 4.79 Å². The molecule has 0 saturated carbocycles. The molecule has 1 N–H and O–H groups in total. The summed E-state index contributed by atoms with van der Waals surface area (Å²) in [6, 6.07) is 11.9. The Kier molecular flexibility index (Phi) is 5.00. The Hall–Kier alpha value is -2.86. The first-order valence-corrected chi connectivity index (χ1v) is 8.27. The van der Waals surface area contributed by atoms with Crippen molar-refractivity contribution in [2.75, 3.05) is 27.2 Å². The van der Waals surface area contributed by atoms with Gasteiger partial charge in [-0.25, -0.2) is 4.68 Å². The number of benzene rings is 1. The van der Waals surface area contributed by atoms with Gasteiger partial charge >= 0.3 is 0 Å². The minimum atomic E-state index is -0.121. The molecule has 1 aromatic carbocycles. The highest BCUT2D eigenvalue weighted by atomic mass is 16.1. The fourth-order valence-electron chi connectivity index (χ4n) is 2.59. The van der Waals surface area contributed by atoms with E-state index in [1.807, 2.05) is 79.3 Å². The molecule has 0 radical (unpaired) electrons. The fourth-order valence-corrected chi connectivity index (χ4v) is 2.59. The smallest absolute Gasteiger partial charge is 0.256 e. The van der Waals surface area contributed by atoms with Crippen molar-refractivity contribution < 1.29 is 4.79 Å². The molecule has 0 aliphatic carbocycles. The fraction of sp³-hybridized carbons (Fsp3) is 0.263. The van der Waals surface area contributed by atoms with Crippen molar-refractivity contribution in [1.82, 2.24) is 24.6 Å². The number of aryl methyl sites for hydroxylation is 1. The molecule has 0 aliphatic rings. The third-order valence-corrected chi connectivity index (χ3v) is 3.96. The van der Waals surface area contributed by atoms with E-state index >= 15 is 0 Å². The van der Waals surface area contributed by atoms with Crippen LogP contribution in [0.3, 0.4) is 0 Å². The molecule has 0 bridgehead atoms. The van der Waals surface area contributed by atoms with E-state index in [0.29, 0.717) is 12.1 Å². The Morgan fingerprint density at radius 1 is 1.16 bits per heavy atom. The molecule has 2 heterocycles. The van der Waals surface area contributed by atoms with Gasteiger partial charge in [0, 0.05) is 25.5 Å². The van der Waals surface area contributed by atoms with Crippen LogP contribution in [0.5, 0.6) is 0 Å². The summed E-state index contributed by atoms with van der Waals surface area (Å²) in [5, 5.41) is 7.42. The first-order chi connectivity index (χ1) is 12.1. The van der Waals surface area contributed by atoms with Crippen molar-refractivity contribution >= 4 is 5.91 Å². The molecule has 130 valence electrons. The predicted octanol–water partition coefficient (Wildman–Crippen LogP) is 2.26. The highest BCUT2D eigenvalue weighted by Gasteiger charge is 2.19. The number of carbonyl (C=O) groups excluding carboxylic acids is 1. The molecule has 3 rings (SSSR count). The summed E-state index contributed by atoms with van der Waals surface area (Å²) in [6.07, 6.45) is 5.46. The van der Waals surface area contributed by atoms with Crippen LogP contribution >= 0.6 is 0 Å². The largest absolute Gasteiger partial charge is 0.351 e. The predicted molar refractivity (Wildman–Crippen MR) is 98.5 cm³/mol. The van der Waals surface area contributed by atoms with Gasteiger partial charge in [0.1, 0.15) is 5.56 Å². The maximum Gasteiger partial charge on any atom is 0.256 e. The maximum atomic E-state index is 12.6. The van der Waals surface area contributed by atoms with Gasteiger partial charge in [-0.1, -0.05) is 17.7 Å². The van der Waals surface area contributed by atoms with Crippen molar-refractivity contribution in [2.24, 2.45) is 0 Å². The van der Waals surface area contributed by atoms with Gasteiger partial charge in [0.15, 0.2) is 5.82 Å². The van der Waals surface area contributed by atoms with Crippen LogP contribution in [-0.4, -0.2) is 52.3 Å².